The van der Waals surface area contributed by atoms with E-state index in [1.807, 2.05) is 19.4 Å². The van der Waals surface area contributed by atoms with Crippen LogP contribution in [0.1, 0.15) is 37.9 Å². The first kappa shape index (κ1) is 18.9. The summed E-state index contributed by atoms with van der Waals surface area (Å²) in [5.41, 5.74) is -0.270. The maximum atomic E-state index is 13.5. The second kappa shape index (κ2) is 7.89. The van der Waals surface area contributed by atoms with Crippen molar-refractivity contribution in [2.24, 2.45) is 12.5 Å². The molecule has 3 fully saturated rings. The van der Waals surface area contributed by atoms with Crippen molar-refractivity contribution in [2.75, 3.05) is 39.9 Å². The van der Waals surface area contributed by atoms with E-state index >= 15 is 0 Å². The monoisotopic (exact) mass is 375 g/mol. The summed E-state index contributed by atoms with van der Waals surface area (Å²) < 4.78 is 7.55. The number of amides is 1. The molecule has 7 heteroatoms. The van der Waals surface area contributed by atoms with Gasteiger partial charge in [-0.1, -0.05) is 0 Å². The molecule has 0 unspecified atom stereocenters. The highest BCUT2D eigenvalue weighted by atomic mass is 16.5. The van der Waals surface area contributed by atoms with Crippen LogP contribution in [0.3, 0.4) is 0 Å². The molecule has 1 aromatic rings. The zero-order valence-electron chi connectivity index (χ0n) is 16.7. The lowest BCUT2D eigenvalue weighted by Gasteiger charge is -2.53. The summed E-state index contributed by atoms with van der Waals surface area (Å²) in [5.74, 6) is 1.35. The number of imidazole rings is 1. The van der Waals surface area contributed by atoms with Crippen LogP contribution in [0.2, 0.25) is 0 Å². The van der Waals surface area contributed by atoms with E-state index in [1.165, 1.54) is 0 Å². The highest BCUT2D eigenvalue weighted by Gasteiger charge is 2.52. The maximum Gasteiger partial charge on any atom is 0.228 e. The SMILES string of the molecule is CN1CC[C@]2(C(=O)NC3CCOCC3)CCCN(Cc3nccn3C)[C@H]2C1. The van der Waals surface area contributed by atoms with Gasteiger partial charge in [-0.05, 0) is 52.2 Å². The third kappa shape index (κ3) is 3.77. The largest absolute Gasteiger partial charge is 0.381 e. The summed E-state index contributed by atoms with van der Waals surface area (Å²) in [6.45, 7) is 5.32. The predicted molar refractivity (Wildman–Crippen MR) is 103 cm³/mol. The summed E-state index contributed by atoms with van der Waals surface area (Å²) >= 11 is 0. The van der Waals surface area contributed by atoms with E-state index < -0.39 is 0 Å². The fourth-order valence-corrected chi connectivity index (χ4v) is 5.10. The molecule has 0 spiro atoms. The zero-order chi connectivity index (χ0) is 18.9. The number of carbonyl (C=O) groups excluding carboxylic acids is 1. The Morgan fingerprint density at radius 3 is 2.85 bits per heavy atom. The van der Waals surface area contributed by atoms with Crippen LogP contribution in [-0.4, -0.2) is 77.2 Å². The number of nitrogens with one attached hydrogen (secondary N) is 1. The molecule has 4 rings (SSSR count). The van der Waals surface area contributed by atoms with Gasteiger partial charge in [0, 0.05) is 51.3 Å². The van der Waals surface area contributed by atoms with Gasteiger partial charge in [0.1, 0.15) is 5.82 Å². The number of rotatable bonds is 4. The second-order valence-corrected chi connectivity index (χ2v) is 8.57. The number of hydrogen-bond donors (Lipinski definition) is 1. The number of likely N-dealkylation sites (N-methyl/N-ethyl adjacent to an activating group) is 1. The Morgan fingerprint density at radius 2 is 2.11 bits per heavy atom. The average molecular weight is 376 g/mol. The number of fused-ring (bicyclic) bond motifs is 1. The van der Waals surface area contributed by atoms with Crippen LogP contribution in [0.4, 0.5) is 0 Å². The number of nitrogens with zero attached hydrogens (tertiary/aromatic N) is 4. The first-order valence-electron chi connectivity index (χ1n) is 10.4. The molecule has 2 atom stereocenters. The zero-order valence-corrected chi connectivity index (χ0v) is 16.7. The standard InChI is InChI=1S/C20H33N5O2/c1-23-10-7-20(19(26)22-16-4-12-27-13-5-16)6-3-9-25(17(20)14-23)15-18-21-8-11-24(18)2/h8,11,16-17H,3-7,9-10,12-15H2,1-2H3,(H,22,26)/t17-,20+/m0/s1. The van der Waals surface area contributed by atoms with Gasteiger partial charge in [0.2, 0.25) is 5.91 Å². The number of piperidine rings is 2. The highest BCUT2D eigenvalue weighted by molar-refractivity contribution is 5.84. The van der Waals surface area contributed by atoms with Gasteiger partial charge in [0.15, 0.2) is 0 Å². The fraction of sp³-hybridized carbons (Fsp3) is 0.800. The van der Waals surface area contributed by atoms with Crippen LogP contribution < -0.4 is 5.32 Å². The Morgan fingerprint density at radius 1 is 1.30 bits per heavy atom. The summed E-state index contributed by atoms with van der Waals surface area (Å²) in [4.78, 5) is 22.9. The van der Waals surface area contributed by atoms with E-state index in [-0.39, 0.29) is 23.4 Å². The Bertz CT molecular complexity index is 657. The highest BCUT2D eigenvalue weighted by Crippen LogP contribution is 2.43. The molecule has 150 valence electrons. The van der Waals surface area contributed by atoms with Crippen LogP contribution in [-0.2, 0) is 23.1 Å². The number of carbonyl (C=O) groups is 1. The molecule has 0 saturated carbocycles. The smallest absolute Gasteiger partial charge is 0.228 e. The minimum Gasteiger partial charge on any atom is -0.381 e. The van der Waals surface area contributed by atoms with Crippen molar-refractivity contribution in [3.63, 3.8) is 0 Å². The van der Waals surface area contributed by atoms with Crippen LogP contribution in [0.25, 0.3) is 0 Å². The first-order valence-corrected chi connectivity index (χ1v) is 10.4. The lowest BCUT2D eigenvalue weighted by atomic mass is 9.67. The molecule has 1 N–H and O–H groups in total. The van der Waals surface area contributed by atoms with Crippen molar-refractivity contribution in [3.8, 4) is 0 Å². The van der Waals surface area contributed by atoms with Crippen molar-refractivity contribution in [2.45, 2.75) is 50.7 Å². The number of likely N-dealkylation sites (tertiary alicyclic amines) is 2. The molecule has 0 bridgehead atoms. The molecular weight excluding hydrogens is 342 g/mol. The van der Waals surface area contributed by atoms with Crippen molar-refractivity contribution >= 4 is 5.91 Å². The molecule has 3 saturated heterocycles. The Kier molecular flexibility index (Phi) is 5.53. The van der Waals surface area contributed by atoms with E-state index in [1.54, 1.807) is 0 Å². The number of aromatic nitrogens is 2. The molecule has 3 aliphatic heterocycles. The van der Waals surface area contributed by atoms with Crippen LogP contribution in [0, 0.1) is 5.41 Å². The quantitative estimate of drug-likeness (QED) is 0.851. The van der Waals surface area contributed by atoms with Gasteiger partial charge in [-0.3, -0.25) is 9.69 Å². The summed E-state index contributed by atoms with van der Waals surface area (Å²) in [6, 6.07) is 0.521. The summed E-state index contributed by atoms with van der Waals surface area (Å²) in [5, 5.41) is 3.40. The molecule has 0 aliphatic carbocycles. The average Bonchev–Trinajstić information content (AvgIpc) is 3.08. The lowest BCUT2D eigenvalue weighted by molar-refractivity contribution is -0.146. The fourth-order valence-electron chi connectivity index (χ4n) is 5.10. The Hall–Kier alpha value is -1.44. The van der Waals surface area contributed by atoms with Crippen LogP contribution >= 0.6 is 0 Å². The van der Waals surface area contributed by atoms with Crippen molar-refractivity contribution in [1.29, 1.82) is 0 Å². The minimum absolute atomic E-state index is 0.251. The molecule has 1 aromatic heterocycles. The number of aryl methyl sites for hydroxylation is 1. The van der Waals surface area contributed by atoms with Crippen molar-refractivity contribution in [1.82, 2.24) is 24.7 Å². The molecule has 4 heterocycles. The Balaban J connectivity index is 1.54. The van der Waals surface area contributed by atoms with E-state index in [2.05, 4.69) is 31.7 Å². The van der Waals surface area contributed by atoms with E-state index in [9.17, 15) is 4.79 Å². The van der Waals surface area contributed by atoms with Gasteiger partial charge in [0.25, 0.3) is 0 Å². The molecule has 27 heavy (non-hydrogen) atoms. The lowest BCUT2D eigenvalue weighted by Crippen LogP contribution is -2.66. The topological polar surface area (TPSA) is 62.6 Å². The van der Waals surface area contributed by atoms with Gasteiger partial charge in [-0.15, -0.1) is 0 Å². The number of hydrogen-bond acceptors (Lipinski definition) is 5. The van der Waals surface area contributed by atoms with Gasteiger partial charge in [-0.2, -0.15) is 0 Å². The van der Waals surface area contributed by atoms with Gasteiger partial charge < -0.3 is 19.5 Å². The predicted octanol–water partition coefficient (Wildman–Crippen LogP) is 1.00. The van der Waals surface area contributed by atoms with Crippen LogP contribution in [0.5, 0.6) is 0 Å². The molecule has 1 amide bonds. The molecule has 0 aromatic carbocycles. The van der Waals surface area contributed by atoms with Crippen LogP contribution in [0.15, 0.2) is 12.4 Å². The third-order valence-electron chi connectivity index (χ3n) is 6.85. The Labute approximate surface area is 162 Å². The van der Waals surface area contributed by atoms with E-state index in [0.717, 1.165) is 77.3 Å². The van der Waals surface area contributed by atoms with Gasteiger partial charge in [0.05, 0.1) is 12.0 Å². The molecule has 0 radical (unpaired) electrons. The summed E-state index contributed by atoms with van der Waals surface area (Å²) in [6.07, 6.45) is 8.74. The van der Waals surface area contributed by atoms with Gasteiger partial charge >= 0.3 is 0 Å². The third-order valence-corrected chi connectivity index (χ3v) is 6.85. The molecule has 3 aliphatic rings. The molecular formula is C20H33N5O2. The molecule has 7 nitrogen and oxygen atoms in total. The summed E-state index contributed by atoms with van der Waals surface area (Å²) in [7, 11) is 4.22. The minimum atomic E-state index is -0.270. The maximum absolute atomic E-state index is 13.5. The number of ether oxygens (including phenoxy) is 1. The van der Waals surface area contributed by atoms with E-state index in [0.29, 0.717) is 0 Å². The first-order chi connectivity index (χ1) is 13.1. The van der Waals surface area contributed by atoms with E-state index in [4.69, 9.17) is 4.74 Å². The normalized spacial score (nSPS) is 30.8. The van der Waals surface area contributed by atoms with Crippen molar-refractivity contribution in [3.05, 3.63) is 18.2 Å². The van der Waals surface area contributed by atoms with Gasteiger partial charge in [-0.25, -0.2) is 4.98 Å². The van der Waals surface area contributed by atoms with Crippen molar-refractivity contribution < 1.29 is 9.53 Å². The second-order valence-electron chi connectivity index (χ2n) is 8.57.